The number of thioether (sulfide) groups is 1. The number of rotatable bonds is 6. The van der Waals surface area contributed by atoms with Gasteiger partial charge in [0.1, 0.15) is 6.04 Å². The second-order valence-corrected chi connectivity index (χ2v) is 3.58. The SMILES string of the molecule is CCOC(=O)C(N)CSCC(=O)NC. The van der Waals surface area contributed by atoms with Crippen LogP contribution in [0.15, 0.2) is 0 Å². The van der Waals surface area contributed by atoms with E-state index in [1.165, 1.54) is 11.8 Å². The normalized spacial score (nSPS) is 11.9. The fourth-order valence-corrected chi connectivity index (χ4v) is 1.51. The van der Waals surface area contributed by atoms with Gasteiger partial charge in [0.15, 0.2) is 0 Å². The molecule has 0 radical (unpaired) electrons. The van der Waals surface area contributed by atoms with Gasteiger partial charge in [0.05, 0.1) is 12.4 Å². The minimum Gasteiger partial charge on any atom is -0.465 e. The van der Waals surface area contributed by atoms with Gasteiger partial charge >= 0.3 is 5.97 Å². The van der Waals surface area contributed by atoms with E-state index < -0.39 is 12.0 Å². The lowest BCUT2D eigenvalue weighted by molar-refractivity contribution is -0.144. The molecule has 6 heteroatoms. The molecule has 0 rings (SSSR count). The Morgan fingerprint density at radius 1 is 1.57 bits per heavy atom. The number of hydrogen-bond acceptors (Lipinski definition) is 5. The van der Waals surface area contributed by atoms with Crippen LogP contribution in [0.1, 0.15) is 6.92 Å². The lowest BCUT2D eigenvalue weighted by Gasteiger charge is -2.09. The summed E-state index contributed by atoms with van der Waals surface area (Å²) in [7, 11) is 1.56. The molecule has 82 valence electrons. The molecular weight excluding hydrogens is 204 g/mol. The van der Waals surface area contributed by atoms with E-state index in [2.05, 4.69) is 5.32 Å². The molecule has 0 fully saturated rings. The van der Waals surface area contributed by atoms with Crippen molar-refractivity contribution in [1.29, 1.82) is 0 Å². The third kappa shape index (κ3) is 5.82. The Bertz CT molecular complexity index is 199. The van der Waals surface area contributed by atoms with Crippen LogP contribution in [0.3, 0.4) is 0 Å². The summed E-state index contributed by atoms with van der Waals surface area (Å²) >= 11 is 1.31. The first-order valence-electron chi connectivity index (χ1n) is 4.32. The van der Waals surface area contributed by atoms with E-state index in [9.17, 15) is 9.59 Å². The number of ether oxygens (including phenoxy) is 1. The molecule has 0 aliphatic heterocycles. The Morgan fingerprint density at radius 2 is 2.21 bits per heavy atom. The van der Waals surface area contributed by atoms with Crippen LogP contribution in [-0.4, -0.2) is 43.1 Å². The zero-order valence-corrected chi connectivity index (χ0v) is 9.23. The first-order chi connectivity index (χ1) is 6.61. The Balaban J connectivity index is 3.58. The second kappa shape index (κ2) is 7.64. The summed E-state index contributed by atoms with van der Waals surface area (Å²) in [5.41, 5.74) is 5.50. The first kappa shape index (κ1) is 13.2. The quantitative estimate of drug-likeness (QED) is 0.582. The third-order valence-corrected chi connectivity index (χ3v) is 2.46. The molecule has 0 aromatic carbocycles. The van der Waals surface area contributed by atoms with Gasteiger partial charge < -0.3 is 15.8 Å². The molecule has 0 aliphatic carbocycles. The van der Waals surface area contributed by atoms with E-state index in [-0.39, 0.29) is 5.91 Å². The van der Waals surface area contributed by atoms with Gasteiger partial charge in [-0.3, -0.25) is 9.59 Å². The highest BCUT2D eigenvalue weighted by atomic mass is 32.2. The average molecular weight is 220 g/mol. The smallest absolute Gasteiger partial charge is 0.323 e. The summed E-state index contributed by atoms with van der Waals surface area (Å²) in [4.78, 5) is 21.8. The molecule has 0 saturated carbocycles. The van der Waals surface area contributed by atoms with Crippen molar-refractivity contribution in [3.63, 3.8) is 0 Å². The Morgan fingerprint density at radius 3 is 2.71 bits per heavy atom. The van der Waals surface area contributed by atoms with Crippen LogP contribution < -0.4 is 11.1 Å². The predicted molar refractivity (Wildman–Crippen MR) is 56.0 cm³/mol. The van der Waals surface area contributed by atoms with Crippen molar-refractivity contribution in [3.05, 3.63) is 0 Å². The summed E-state index contributed by atoms with van der Waals surface area (Å²) < 4.78 is 4.71. The number of carbonyl (C=O) groups is 2. The standard InChI is InChI=1S/C8H16N2O3S/c1-3-13-8(12)6(9)4-14-5-7(11)10-2/h6H,3-5,9H2,1-2H3,(H,10,11). The van der Waals surface area contributed by atoms with Crippen LogP contribution >= 0.6 is 11.8 Å². The lowest BCUT2D eigenvalue weighted by atomic mass is 10.4. The van der Waals surface area contributed by atoms with E-state index in [0.717, 1.165) is 0 Å². The molecule has 0 bridgehead atoms. The number of carbonyl (C=O) groups excluding carboxylic acids is 2. The Kier molecular flexibility index (Phi) is 7.23. The van der Waals surface area contributed by atoms with E-state index in [1.807, 2.05) is 0 Å². The van der Waals surface area contributed by atoms with E-state index in [4.69, 9.17) is 10.5 Å². The maximum atomic E-state index is 11.0. The van der Waals surface area contributed by atoms with Gasteiger partial charge in [0.25, 0.3) is 0 Å². The number of amides is 1. The van der Waals surface area contributed by atoms with Gasteiger partial charge in [0, 0.05) is 12.8 Å². The van der Waals surface area contributed by atoms with Gasteiger partial charge in [0.2, 0.25) is 5.91 Å². The highest BCUT2D eigenvalue weighted by molar-refractivity contribution is 8.00. The molecule has 0 aliphatic rings. The number of hydrogen-bond donors (Lipinski definition) is 2. The Hall–Kier alpha value is -0.750. The van der Waals surface area contributed by atoms with Gasteiger partial charge in [-0.1, -0.05) is 0 Å². The maximum Gasteiger partial charge on any atom is 0.323 e. The van der Waals surface area contributed by atoms with Crippen molar-refractivity contribution in [2.24, 2.45) is 5.73 Å². The monoisotopic (exact) mass is 220 g/mol. The molecule has 0 spiro atoms. The van der Waals surface area contributed by atoms with E-state index in [1.54, 1.807) is 14.0 Å². The van der Waals surface area contributed by atoms with Crippen molar-refractivity contribution in [3.8, 4) is 0 Å². The molecule has 1 unspecified atom stereocenters. The molecule has 0 aromatic heterocycles. The molecule has 3 N–H and O–H groups in total. The molecular formula is C8H16N2O3S. The molecule has 1 amide bonds. The molecule has 14 heavy (non-hydrogen) atoms. The van der Waals surface area contributed by atoms with Crippen LogP contribution in [0.4, 0.5) is 0 Å². The zero-order valence-electron chi connectivity index (χ0n) is 8.41. The van der Waals surface area contributed by atoms with Crippen molar-refractivity contribution < 1.29 is 14.3 Å². The van der Waals surface area contributed by atoms with E-state index in [0.29, 0.717) is 18.1 Å². The maximum absolute atomic E-state index is 11.0. The highest BCUT2D eigenvalue weighted by Crippen LogP contribution is 2.02. The minimum atomic E-state index is -0.649. The summed E-state index contributed by atoms with van der Waals surface area (Å²) in [6.45, 7) is 2.05. The largest absolute Gasteiger partial charge is 0.465 e. The number of nitrogens with two attached hydrogens (primary N) is 1. The molecule has 0 heterocycles. The average Bonchev–Trinajstić information content (AvgIpc) is 2.17. The van der Waals surface area contributed by atoms with Gasteiger partial charge in [-0.25, -0.2) is 0 Å². The van der Waals surface area contributed by atoms with Crippen LogP contribution in [0.2, 0.25) is 0 Å². The molecule has 0 saturated heterocycles. The predicted octanol–water partition coefficient (Wildman–Crippen LogP) is -0.644. The second-order valence-electron chi connectivity index (χ2n) is 2.55. The molecule has 1 atom stereocenters. The van der Waals surface area contributed by atoms with Crippen LogP contribution in [0.5, 0.6) is 0 Å². The summed E-state index contributed by atoms with van der Waals surface area (Å²) in [6.07, 6.45) is 0. The highest BCUT2D eigenvalue weighted by Gasteiger charge is 2.14. The fourth-order valence-electron chi connectivity index (χ4n) is 0.668. The van der Waals surface area contributed by atoms with Crippen molar-refractivity contribution >= 4 is 23.6 Å². The first-order valence-corrected chi connectivity index (χ1v) is 5.47. The fraction of sp³-hybridized carbons (Fsp3) is 0.750. The summed E-state index contributed by atoms with van der Waals surface area (Å²) in [5.74, 6) is 0.207. The van der Waals surface area contributed by atoms with E-state index >= 15 is 0 Å². The molecule has 0 aromatic rings. The van der Waals surface area contributed by atoms with Gasteiger partial charge in [-0.2, -0.15) is 0 Å². The molecule has 5 nitrogen and oxygen atoms in total. The minimum absolute atomic E-state index is 0.0777. The number of esters is 1. The van der Waals surface area contributed by atoms with Crippen molar-refractivity contribution in [2.45, 2.75) is 13.0 Å². The van der Waals surface area contributed by atoms with Crippen LogP contribution in [-0.2, 0) is 14.3 Å². The van der Waals surface area contributed by atoms with Gasteiger partial charge in [-0.15, -0.1) is 11.8 Å². The third-order valence-electron chi connectivity index (χ3n) is 1.40. The Labute approximate surface area is 87.7 Å². The van der Waals surface area contributed by atoms with Gasteiger partial charge in [-0.05, 0) is 6.92 Å². The van der Waals surface area contributed by atoms with Crippen LogP contribution in [0, 0.1) is 0 Å². The van der Waals surface area contributed by atoms with Crippen LogP contribution in [0.25, 0.3) is 0 Å². The zero-order chi connectivity index (χ0) is 11.0. The number of nitrogens with one attached hydrogen (secondary N) is 1. The van der Waals surface area contributed by atoms with Crippen molar-refractivity contribution in [1.82, 2.24) is 5.32 Å². The lowest BCUT2D eigenvalue weighted by Crippen LogP contribution is -2.35. The van der Waals surface area contributed by atoms with Crippen molar-refractivity contribution in [2.75, 3.05) is 25.2 Å². The topological polar surface area (TPSA) is 81.4 Å². The summed E-state index contributed by atoms with van der Waals surface area (Å²) in [6, 6.07) is -0.649. The summed E-state index contributed by atoms with van der Waals surface area (Å²) in [5, 5.41) is 2.48.